The molecule has 0 radical (unpaired) electrons. The lowest BCUT2D eigenvalue weighted by Gasteiger charge is -2.11. The van der Waals surface area contributed by atoms with Gasteiger partial charge in [-0.15, -0.1) is 0 Å². The van der Waals surface area contributed by atoms with Gasteiger partial charge in [0.15, 0.2) is 0 Å². The third kappa shape index (κ3) is 6.87. The van der Waals surface area contributed by atoms with Crippen LogP contribution in [0, 0.1) is 6.92 Å². The molecule has 0 bridgehead atoms. The summed E-state index contributed by atoms with van der Waals surface area (Å²) in [4.78, 5) is 15.9. The maximum absolute atomic E-state index is 11.0. The zero-order valence-corrected chi connectivity index (χ0v) is 18.4. The van der Waals surface area contributed by atoms with Gasteiger partial charge in [0.05, 0.1) is 0 Å². The summed E-state index contributed by atoms with van der Waals surface area (Å²) in [5.74, 6) is 1.23. The number of amides is 1. The van der Waals surface area contributed by atoms with Crippen LogP contribution in [0.4, 0.5) is 0 Å². The Morgan fingerprint density at radius 2 is 1.66 bits per heavy atom. The molecule has 0 saturated heterocycles. The summed E-state index contributed by atoms with van der Waals surface area (Å²) in [5.41, 5.74) is 10.1. The van der Waals surface area contributed by atoms with Gasteiger partial charge >= 0.3 is 0 Å². The molecule has 0 heterocycles. The van der Waals surface area contributed by atoms with Crippen LogP contribution in [0.3, 0.4) is 0 Å². The number of oxime groups is 1. The van der Waals surface area contributed by atoms with Gasteiger partial charge in [0.2, 0.25) is 5.91 Å². The lowest BCUT2D eigenvalue weighted by atomic mass is 10.0. The summed E-state index contributed by atoms with van der Waals surface area (Å²) in [7, 11) is 1.52. The van der Waals surface area contributed by atoms with Crippen molar-refractivity contribution in [2.24, 2.45) is 10.9 Å². The minimum Gasteiger partial charge on any atom is -0.489 e. The van der Waals surface area contributed by atoms with E-state index in [0.29, 0.717) is 26.1 Å². The van der Waals surface area contributed by atoms with E-state index in [4.69, 9.17) is 20.0 Å². The summed E-state index contributed by atoms with van der Waals surface area (Å²) in [6.07, 6.45) is 0.990. The van der Waals surface area contributed by atoms with Gasteiger partial charge in [0, 0.05) is 12.0 Å². The van der Waals surface area contributed by atoms with Crippen LogP contribution in [-0.4, -0.2) is 25.3 Å². The Bertz CT molecular complexity index is 1050. The summed E-state index contributed by atoms with van der Waals surface area (Å²) >= 11 is 0. The number of primary amides is 1. The first-order valence-electron chi connectivity index (χ1n) is 10.4. The average molecular weight is 433 g/mol. The number of ether oxygens (including phenoxy) is 2. The molecule has 166 valence electrons. The van der Waals surface area contributed by atoms with E-state index in [1.807, 2.05) is 79.7 Å². The first-order chi connectivity index (χ1) is 15.5. The molecule has 0 spiro atoms. The molecule has 1 amide bonds. The predicted octanol–water partition coefficient (Wildman–Crippen LogP) is 4.42. The topological polar surface area (TPSA) is 83.1 Å². The highest BCUT2D eigenvalue weighted by atomic mass is 16.6. The van der Waals surface area contributed by atoms with Gasteiger partial charge in [-0.1, -0.05) is 53.7 Å². The fourth-order valence-corrected chi connectivity index (χ4v) is 3.20. The van der Waals surface area contributed by atoms with Crippen LogP contribution >= 0.6 is 0 Å². The van der Waals surface area contributed by atoms with Crippen LogP contribution in [-0.2, 0) is 22.7 Å². The molecule has 0 unspecified atom stereocenters. The molecule has 0 fully saturated rings. The molecule has 32 heavy (non-hydrogen) atoms. The van der Waals surface area contributed by atoms with Crippen LogP contribution < -0.4 is 15.2 Å². The third-order valence-electron chi connectivity index (χ3n) is 4.97. The molecular formula is C26H28N2O4. The van der Waals surface area contributed by atoms with Gasteiger partial charge < -0.3 is 20.0 Å². The van der Waals surface area contributed by atoms with Crippen molar-refractivity contribution < 1.29 is 19.1 Å². The fraction of sp³-hybridized carbons (Fsp3) is 0.231. The Balaban J connectivity index is 1.53. The minimum atomic E-state index is -0.292. The van der Waals surface area contributed by atoms with Crippen molar-refractivity contribution in [3.05, 3.63) is 95.1 Å². The van der Waals surface area contributed by atoms with Gasteiger partial charge in [-0.05, 0) is 54.3 Å². The van der Waals surface area contributed by atoms with Gasteiger partial charge in [-0.2, -0.15) is 0 Å². The summed E-state index contributed by atoms with van der Waals surface area (Å²) in [5, 5.41) is 4.07. The fourth-order valence-electron chi connectivity index (χ4n) is 3.20. The van der Waals surface area contributed by atoms with Crippen molar-refractivity contribution in [1.29, 1.82) is 0 Å². The van der Waals surface area contributed by atoms with Gasteiger partial charge in [-0.25, -0.2) is 0 Å². The molecule has 0 atom stereocenters. The first-order valence-corrected chi connectivity index (χ1v) is 10.4. The predicted molar refractivity (Wildman–Crippen MR) is 125 cm³/mol. The van der Waals surface area contributed by atoms with E-state index in [9.17, 15) is 4.79 Å². The van der Waals surface area contributed by atoms with Crippen molar-refractivity contribution >= 4 is 11.6 Å². The average Bonchev–Trinajstić information content (AvgIpc) is 2.81. The molecule has 6 heteroatoms. The zero-order chi connectivity index (χ0) is 22.8. The Hall–Kier alpha value is -3.80. The molecule has 3 aromatic rings. The SMILES string of the molecule is CON=C(COc1ccc(COc2ccc(CCC(N)=O)c(C)c2)cc1)c1ccccc1. The van der Waals surface area contributed by atoms with Crippen LogP contribution in [0.25, 0.3) is 0 Å². The van der Waals surface area contributed by atoms with Crippen molar-refractivity contribution in [1.82, 2.24) is 0 Å². The van der Waals surface area contributed by atoms with E-state index in [1.165, 1.54) is 7.11 Å². The van der Waals surface area contributed by atoms with Crippen LogP contribution in [0.2, 0.25) is 0 Å². The van der Waals surface area contributed by atoms with Gasteiger partial charge in [0.1, 0.15) is 37.5 Å². The minimum absolute atomic E-state index is 0.292. The summed E-state index contributed by atoms with van der Waals surface area (Å²) < 4.78 is 11.8. The third-order valence-corrected chi connectivity index (χ3v) is 4.97. The van der Waals surface area contributed by atoms with Crippen molar-refractivity contribution in [2.75, 3.05) is 13.7 Å². The molecule has 6 nitrogen and oxygen atoms in total. The zero-order valence-electron chi connectivity index (χ0n) is 18.4. The molecule has 0 saturated carbocycles. The largest absolute Gasteiger partial charge is 0.489 e. The van der Waals surface area contributed by atoms with E-state index in [0.717, 1.165) is 39.5 Å². The van der Waals surface area contributed by atoms with E-state index in [2.05, 4.69) is 5.16 Å². The molecular weight excluding hydrogens is 404 g/mol. The van der Waals surface area contributed by atoms with Crippen molar-refractivity contribution in [3.8, 4) is 11.5 Å². The van der Waals surface area contributed by atoms with E-state index < -0.39 is 0 Å². The maximum atomic E-state index is 11.0. The number of aryl methyl sites for hydroxylation is 2. The molecule has 0 aliphatic rings. The summed E-state index contributed by atoms with van der Waals surface area (Å²) in [6, 6.07) is 23.4. The monoisotopic (exact) mass is 432 g/mol. The second kappa shape index (κ2) is 11.6. The van der Waals surface area contributed by atoms with Crippen LogP contribution in [0.1, 0.15) is 28.7 Å². The second-order valence-corrected chi connectivity index (χ2v) is 7.36. The number of carbonyl (C=O) groups excluding carboxylic acids is 1. The number of hydrogen-bond donors (Lipinski definition) is 1. The maximum Gasteiger partial charge on any atom is 0.217 e. The Labute approximate surface area is 188 Å². The Kier molecular flexibility index (Phi) is 8.26. The molecule has 0 aliphatic carbocycles. The highest BCUT2D eigenvalue weighted by molar-refractivity contribution is 6.01. The highest BCUT2D eigenvalue weighted by Gasteiger charge is 2.07. The van der Waals surface area contributed by atoms with Crippen LogP contribution in [0.5, 0.6) is 11.5 Å². The van der Waals surface area contributed by atoms with E-state index in [1.54, 1.807) is 0 Å². The smallest absolute Gasteiger partial charge is 0.217 e. The highest BCUT2D eigenvalue weighted by Crippen LogP contribution is 2.20. The lowest BCUT2D eigenvalue weighted by Crippen LogP contribution is -2.13. The number of rotatable bonds is 11. The van der Waals surface area contributed by atoms with Gasteiger partial charge in [0.25, 0.3) is 0 Å². The number of hydrogen-bond acceptors (Lipinski definition) is 5. The summed E-state index contributed by atoms with van der Waals surface area (Å²) in [6.45, 7) is 2.75. The Morgan fingerprint density at radius 1 is 0.938 bits per heavy atom. The lowest BCUT2D eigenvalue weighted by molar-refractivity contribution is -0.117. The number of nitrogens with two attached hydrogens (primary N) is 1. The van der Waals surface area contributed by atoms with Crippen LogP contribution in [0.15, 0.2) is 78.0 Å². The number of carbonyl (C=O) groups is 1. The normalized spacial score (nSPS) is 11.1. The molecule has 2 N–H and O–H groups in total. The standard InChI is InChI=1S/C26H28N2O4/c1-19-16-24(14-10-21(19)11-15-26(27)29)31-17-20-8-12-23(13-9-20)32-18-25(28-30-2)22-6-4-3-5-7-22/h3-10,12-14,16H,11,15,17-18H2,1-2H3,(H2,27,29). The van der Waals surface area contributed by atoms with E-state index in [-0.39, 0.29) is 5.91 Å². The van der Waals surface area contributed by atoms with Crippen molar-refractivity contribution in [3.63, 3.8) is 0 Å². The Morgan fingerprint density at radius 3 is 2.31 bits per heavy atom. The second-order valence-electron chi connectivity index (χ2n) is 7.36. The molecule has 3 rings (SSSR count). The molecule has 0 aromatic heterocycles. The number of nitrogens with zero attached hydrogens (tertiary/aromatic N) is 1. The van der Waals surface area contributed by atoms with Crippen molar-refractivity contribution in [2.45, 2.75) is 26.4 Å². The quantitative estimate of drug-likeness (QED) is 0.359. The number of benzene rings is 3. The van der Waals surface area contributed by atoms with E-state index >= 15 is 0 Å². The molecule has 0 aliphatic heterocycles. The molecule has 3 aromatic carbocycles. The van der Waals surface area contributed by atoms with Gasteiger partial charge in [-0.3, -0.25) is 4.79 Å². The first kappa shape index (κ1) is 22.9.